The molecule has 0 unspecified atom stereocenters. The minimum absolute atomic E-state index is 0.354. The number of thioether (sulfide) groups is 1. The summed E-state index contributed by atoms with van der Waals surface area (Å²) in [5, 5.41) is 1.61. The predicted octanol–water partition coefficient (Wildman–Crippen LogP) is 4.63. The lowest BCUT2D eigenvalue weighted by molar-refractivity contribution is 0.0987. The molecule has 0 bridgehead atoms. The van der Waals surface area contributed by atoms with E-state index in [0.717, 1.165) is 21.2 Å². The van der Waals surface area contributed by atoms with Gasteiger partial charge >= 0.3 is 0 Å². The molecule has 0 aliphatic carbocycles. The number of amides is 1. The van der Waals surface area contributed by atoms with Crippen LogP contribution in [0.1, 0.15) is 22.8 Å². The Morgan fingerprint density at radius 3 is 2.70 bits per heavy atom. The number of halogens is 2. The monoisotopic (exact) mass is 413 g/mol. The van der Waals surface area contributed by atoms with Crippen LogP contribution in [-0.2, 0) is 0 Å². The van der Waals surface area contributed by atoms with Crippen LogP contribution < -0.4 is 16.6 Å². The molecule has 2 aromatic carbocycles. The first kappa shape index (κ1) is 18.1. The van der Waals surface area contributed by atoms with Crippen molar-refractivity contribution in [1.29, 1.82) is 0 Å². The fourth-order valence-electron chi connectivity index (χ4n) is 2.13. The predicted molar refractivity (Wildman–Crippen MR) is 102 cm³/mol. The van der Waals surface area contributed by atoms with E-state index in [1.165, 1.54) is 0 Å². The highest BCUT2D eigenvalue weighted by atomic mass is 79.9. The zero-order valence-electron chi connectivity index (χ0n) is 12.8. The topological polar surface area (TPSA) is 72.3 Å². The van der Waals surface area contributed by atoms with E-state index in [4.69, 9.17) is 23.2 Å². The summed E-state index contributed by atoms with van der Waals surface area (Å²) in [4.78, 5) is 13.7. The van der Waals surface area contributed by atoms with Crippen molar-refractivity contribution < 1.29 is 4.79 Å². The van der Waals surface area contributed by atoms with Gasteiger partial charge < -0.3 is 5.73 Å². The van der Waals surface area contributed by atoms with Gasteiger partial charge in [0.15, 0.2) is 0 Å². The van der Waals surface area contributed by atoms with Gasteiger partial charge in [0.1, 0.15) is 0 Å². The molecule has 7 heteroatoms. The summed E-state index contributed by atoms with van der Waals surface area (Å²) in [6.45, 7) is 3.92. The maximum absolute atomic E-state index is 12.8. The Labute approximate surface area is 153 Å². The van der Waals surface area contributed by atoms with Gasteiger partial charge in [-0.1, -0.05) is 18.5 Å². The minimum Gasteiger partial charge on any atom is -0.397 e. The molecule has 0 aliphatic heterocycles. The van der Waals surface area contributed by atoms with E-state index in [1.807, 2.05) is 26.0 Å². The van der Waals surface area contributed by atoms with Gasteiger partial charge in [0.25, 0.3) is 5.91 Å². The van der Waals surface area contributed by atoms with E-state index in [-0.39, 0.29) is 5.91 Å². The summed E-state index contributed by atoms with van der Waals surface area (Å²) >= 11 is 11.0. The van der Waals surface area contributed by atoms with Crippen LogP contribution in [0.3, 0.4) is 0 Å². The average Bonchev–Trinajstić information content (AvgIpc) is 2.51. The largest absolute Gasteiger partial charge is 0.397 e. The zero-order valence-corrected chi connectivity index (χ0v) is 15.9. The van der Waals surface area contributed by atoms with E-state index >= 15 is 0 Å². The summed E-state index contributed by atoms with van der Waals surface area (Å²) < 4.78 is 0.670. The van der Waals surface area contributed by atoms with Crippen LogP contribution in [0, 0.1) is 6.92 Å². The number of nitrogens with two attached hydrogens (primary N) is 2. The maximum atomic E-state index is 12.8. The van der Waals surface area contributed by atoms with Gasteiger partial charge in [-0.3, -0.25) is 4.79 Å². The molecule has 4 N–H and O–H groups in total. The van der Waals surface area contributed by atoms with Crippen LogP contribution in [0.25, 0.3) is 0 Å². The Bertz CT molecular complexity index is 754. The second-order valence-electron chi connectivity index (χ2n) is 4.93. The first-order valence-electron chi connectivity index (χ1n) is 6.92. The summed E-state index contributed by atoms with van der Waals surface area (Å²) in [6.07, 6.45) is 0. The molecule has 0 heterocycles. The normalized spacial score (nSPS) is 10.7. The molecule has 0 spiro atoms. The number of rotatable bonds is 4. The Kier molecular flexibility index (Phi) is 5.97. The van der Waals surface area contributed by atoms with E-state index < -0.39 is 0 Å². The van der Waals surface area contributed by atoms with Crippen LogP contribution in [0.2, 0.25) is 5.02 Å². The molecule has 0 saturated heterocycles. The maximum Gasteiger partial charge on any atom is 0.274 e. The standard InChI is InChI=1S/C16H17BrClN3OS/c1-3-23-14-5-4-10(18)8-13(14)21(20)16(22)11-6-9(2)7-12(17)15(11)19/h4-8H,3,19-20H2,1-2H3. The van der Waals surface area contributed by atoms with Crippen molar-refractivity contribution in [3.63, 3.8) is 0 Å². The number of benzene rings is 2. The molecule has 23 heavy (non-hydrogen) atoms. The number of hydrazine groups is 1. The fraction of sp³-hybridized carbons (Fsp3) is 0.188. The highest BCUT2D eigenvalue weighted by Crippen LogP contribution is 2.33. The van der Waals surface area contributed by atoms with Crippen LogP contribution in [-0.4, -0.2) is 11.7 Å². The molecule has 2 aromatic rings. The number of carbonyl (C=O) groups is 1. The van der Waals surface area contributed by atoms with Gasteiger partial charge in [-0.2, -0.15) is 0 Å². The molecule has 0 fully saturated rings. The molecule has 4 nitrogen and oxygen atoms in total. The highest BCUT2D eigenvalue weighted by molar-refractivity contribution is 9.10. The Balaban J connectivity index is 2.47. The van der Waals surface area contributed by atoms with Crippen molar-refractivity contribution in [1.82, 2.24) is 0 Å². The first-order valence-corrected chi connectivity index (χ1v) is 9.08. The zero-order chi connectivity index (χ0) is 17.1. The van der Waals surface area contributed by atoms with Crippen molar-refractivity contribution in [3.05, 3.63) is 51.0 Å². The van der Waals surface area contributed by atoms with Gasteiger partial charge in [0.05, 0.1) is 16.9 Å². The number of carbonyl (C=O) groups excluding carboxylic acids is 1. The number of anilines is 2. The minimum atomic E-state index is -0.382. The average molecular weight is 415 g/mol. The molecule has 0 aromatic heterocycles. The number of nitrogen functional groups attached to an aromatic ring is 1. The first-order chi connectivity index (χ1) is 10.8. The van der Waals surface area contributed by atoms with E-state index in [1.54, 1.807) is 30.0 Å². The Hall–Kier alpha value is -1.21. The van der Waals surface area contributed by atoms with Crippen molar-refractivity contribution in [2.75, 3.05) is 16.5 Å². The van der Waals surface area contributed by atoms with Crippen molar-refractivity contribution in [2.45, 2.75) is 18.7 Å². The summed E-state index contributed by atoms with van der Waals surface area (Å²) in [6, 6.07) is 8.89. The lowest BCUT2D eigenvalue weighted by Crippen LogP contribution is -2.38. The fourth-order valence-corrected chi connectivity index (χ4v) is 3.65. The summed E-state index contributed by atoms with van der Waals surface area (Å²) in [5.74, 6) is 6.55. The molecule has 122 valence electrons. The molecule has 0 saturated carbocycles. The van der Waals surface area contributed by atoms with Gasteiger partial charge in [-0.05, 0) is 64.5 Å². The lowest BCUT2D eigenvalue weighted by Gasteiger charge is -2.21. The van der Waals surface area contributed by atoms with E-state index in [2.05, 4.69) is 15.9 Å². The third kappa shape index (κ3) is 4.01. The van der Waals surface area contributed by atoms with Crippen LogP contribution in [0.15, 0.2) is 39.7 Å². The molecule has 0 aliphatic rings. The number of hydrogen-bond acceptors (Lipinski definition) is 4. The third-order valence-corrected chi connectivity index (χ3v) is 5.04. The number of hydrogen-bond donors (Lipinski definition) is 2. The molecular formula is C16H17BrClN3OS. The molecule has 2 rings (SSSR count). The van der Waals surface area contributed by atoms with Crippen molar-refractivity contribution in [3.8, 4) is 0 Å². The second-order valence-corrected chi connectivity index (χ2v) is 7.52. The number of aryl methyl sites for hydroxylation is 1. The Morgan fingerprint density at radius 2 is 2.04 bits per heavy atom. The number of nitrogens with zero attached hydrogens (tertiary/aromatic N) is 1. The summed E-state index contributed by atoms with van der Waals surface area (Å²) in [7, 11) is 0. The van der Waals surface area contributed by atoms with Gasteiger partial charge in [-0.25, -0.2) is 10.9 Å². The van der Waals surface area contributed by atoms with Gasteiger partial charge in [0.2, 0.25) is 0 Å². The van der Waals surface area contributed by atoms with Crippen LogP contribution in [0.5, 0.6) is 0 Å². The third-order valence-electron chi connectivity index (χ3n) is 3.20. The molecule has 0 radical (unpaired) electrons. The summed E-state index contributed by atoms with van der Waals surface area (Å²) in [5.41, 5.74) is 8.21. The van der Waals surface area contributed by atoms with Crippen LogP contribution >= 0.6 is 39.3 Å². The smallest absolute Gasteiger partial charge is 0.274 e. The quantitative estimate of drug-likeness (QED) is 0.252. The van der Waals surface area contributed by atoms with Gasteiger partial charge in [-0.15, -0.1) is 11.8 Å². The second kappa shape index (κ2) is 7.57. The Morgan fingerprint density at radius 1 is 1.35 bits per heavy atom. The molecule has 0 atom stereocenters. The van der Waals surface area contributed by atoms with Gasteiger partial charge in [0, 0.05) is 14.4 Å². The lowest BCUT2D eigenvalue weighted by atomic mass is 10.1. The highest BCUT2D eigenvalue weighted by Gasteiger charge is 2.21. The SMILES string of the molecule is CCSc1ccc(Cl)cc1N(N)C(=O)c1cc(C)cc(Br)c1N. The van der Waals surface area contributed by atoms with Crippen LogP contribution in [0.4, 0.5) is 11.4 Å². The van der Waals surface area contributed by atoms with Crippen molar-refractivity contribution in [2.24, 2.45) is 5.84 Å². The van der Waals surface area contributed by atoms with E-state index in [0.29, 0.717) is 26.4 Å². The van der Waals surface area contributed by atoms with Crippen molar-refractivity contribution >= 4 is 56.6 Å². The molecular weight excluding hydrogens is 398 g/mol. The molecule has 1 amide bonds. The van der Waals surface area contributed by atoms with E-state index in [9.17, 15) is 4.79 Å².